The van der Waals surface area contributed by atoms with E-state index in [2.05, 4.69) is 27.3 Å². The Bertz CT molecular complexity index is 1210. The molecule has 5 nitrogen and oxygen atoms in total. The minimum atomic E-state index is -0.455. The van der Waals surface area contributed by atoms with Crippen molar-refractivity contribution in [1.82, 2.24) is 5.32 Å². The predicted octanol–water partition coefficient (Wildman–Crippen LogP) is 5.72. The molecule has 7 heteroatoms. The highest BCUT2D eigenvalue weighted by Crippen LogP contribution is 2.49. The molecular formula is C24H18BrClN2O3. The second-order valence-electron chi connectivity index (χ2n) is 7.91. The van der Waals surface area contributed by atoms with Crippen LogP contribution in [0, 0.1) is 11.3 Å². The lowest BCUT2D eigenvalue weighted by molar-refractivity contribution is -0.116. The van der Waals surface area contributed by atoms with E-state index in [1.54, 1.807) is 0 Å². The number of allylic oxidation sites excluding steroid dienone is 4. The summed E-state index contributed by atoms with van der Waals surface area (Å²) in [7, 11) is 0. The number of hydrogen-bond acceptors (Lipinski definition) is 5. The summed E-state index contributed by atoms with van der Waals surface area (Å²) in [4.78, 5) is 13.4. The van der Waals surface area contributed by atoms with E-state index in [-0.39, 0.29) is 18.5 Å². The van der Waals surface area contributed by atoms with Crippen molar-refractivity contribution in [3.8, 4) is 17.6 Å². The Morgan fingerprint density at radius 2 is 1.87 bits per heavy atom. The smallest absolute Gasteiger partial charge is 0.231 e. The number of carbonyl (C=O) groups is 1. The van der Waals surface area contributed by atoms with Crippen LogP contribution >= 0.6 is 27.5 Å². The van der Waals surface area contributed by atoms with E-state index in [4.69, 9.17) is 21.1 Å². The van der Waals surface area contributed by atoms with Crippen molar-refractivity contribution >= 4 is 33.3 Å². The molecule has 2 aliphatic heterocycles. The predicted molar refractivity (Wildman–Crippen MR) is 120 cm³/mol. The maximum Gasteiger partial charge on any atom is 0.231 e. The van der Waals surface area contributed by atoms with Crippen LogP contribution in [-0.2, 0) is 4.79 Å². The largest absolute Gasteiger partial charge is 0.454 e. The molecule has 0 amide bonds. The zero-order valence-corrected chi connectivity index (χ0v) is 19.0. The molecule has 2 atom stereocenters. The van der Waals surface area contributed by atoms with E-state index in [1.807, 2.05) is 43.3 Å². The number of nitrogens with one attached hydrogen (secondary N) is 1. The number of benzene rings is 2. The molecule has 5 rings (SSSR count). The van der Waals surface area contributed by atoms with Crippen molar-refractivity contribution in [3.63, 3.8) is 0 Å². The number of rotatable bonds is 2. The van der Waals surface area contributed by atoms with Gasteiger partial charge in [0.05, 0.1) is 17.6 Å². The molecule has 156 valence electrons. The van der Waals surface area contributed by atoms with Gasteiger partial charge in [-0.1, -0.05) is 39.7 Å². The molecule has 0 saturated heterocycles. The molecule has 2 aromatic rings. The second-order valence-corrected chi connectivity index (χ2v) is 9.20. The van der Waals surface area contributed by atoms with Crippen LogP contribution in [-0.4, -0.2) is 12.6 Å². The first-order chi connectivity index (χ1) is 15.0. The van der Waals surface area contributed by atoms with Gasteiger partial charge in [-0.05, 0) is 54.7 Å². The normalized spacial score (nSPS) is 22.2. The van der Waals surface area contributed by atoms with Crippen LogP contribution in [0.1, 0.15) is 42.7 Å². The van der Waals surface area contributed by atoms with Crippen molar-refractivity contribution in [3.05, 3.63) is 79.6 Å². The van der Waals surface area contributed by atoms with Crippen LogP contribution in [0.4, 0.5) is 0 Å². The van der Waals surface area contributed by atoms with Crippen LogP contribution in [0.5, 0.6) is 11.5 Å². The lowest BCUT2D eigenvalue weighted by Gasteiger charge is -2.36. The number of fused-ring (bicyclic) bond motifs is 1. The van der Waals surface area contributed by atoms with Crippen LogP contribution < -0.4 is 14.8 Å². The number of dihydropyridines is 1. The van der Waals surface area contributed by atoms with Gasteiger partial charge in [0.2, 0.25) is 6.79 Å². The van der Waals surface area contributed by atoms with Gasteiger partial charge in [0.25, 0.3) is 0 Å². The van der Waals surface area contributed by atoms with Crippen LogP contribution in [0.2, 0.25) is 5.02 Å². The van der Waals surface area contributed by atoms with Gasteiger partial charge in [-0.15, -0.1) is 0 Å². The highest BCUT2D eigenvalue weighted by Gasteiger charge is 2.40. The molecule has 0 aromatic heterocycles. The molecule has 2 heterocycles. The molecule has 0 bridgehead atoms. The van der Waals surface area contributed by atoms with Crippen molar-refractivity contribution in [1.29, 1.82) is 5.26 Å². The first kappa shape index (κ1) is 20.2. The van der Waals surface area contributed by atoms with Crippen LogP contribution in [0.25, 0.3) is 0 Å². The molecule has 0 spiro atoms. The average Bonchev–Trinajstić information content (AvgIpc) is 3.19. The average molecular weight is 498 g/mol. The number of nitriles is 1. The van der Waals surface area contributed by atoms with Crippen LogP contribution in [0.15, 0.2) is 63.4 Å². The van der Waals surface area contributed by atoms with Gasteiger partial charge in [0.1, 0.15) is 0 Å². The second kappa shape index (κ2) is 7.74. The lowest BCUT2D eigenvalue weighted by Crippen LogP contribution is -2.33. The van der Waals surface area contributed by atoms with Crippen molar-refractivity contribution in [2.24, 2.45) is 0 Å². The molecule has 31 heavy (non-hydrogen) atoms. The topological polar surface area (TPSA) is 71.3 Å². The zero-order valence-electron chi connectivity index (χ0n) is 16.7. The number of nitrogens with zero attached hydrogens (tertiary/aromatic N) is 1. The van der Waals surface area contributed by atoms with Crippen molar-refractivity contribution in [2.75, 3.05) is 6.79 Å². The third-order valence-corrected chi connectivity index (χ3v) is 7.03. The molecule has 1 aliphatic carbocycles. The Balaban J connectivity index is 1.60. The Kier molecular flexibility index (Phi) is 5.04. The van der Waals surface area contributed by atoms with Gasteiger partial charge in [-0.25, -0.2) is 0 Å². The van der Waals surface area contributed by atoms with Crippen molar-refractivity contribution in [2.45, 2.75) is 31.6 Å². The Labute approximate surface area is 193 Å². The Morgan fingerprint density at radius 1 is 1.16 bits per heavy atom. The third-order valence-electron chi connectivity index (χ3n) is 6.09. The third kappa shape index (κ3) is 3.42. The van der Waals surface area contributed by atoms with E-state index in [0.717, 1.165) is 27.0 Å². The molecule has 0 fully saturated rings. The number of ether oxygens (including phenoxy) is 2. The molecule has 0 saturated carbocycles. The summed E-state index contributed by atoms with van der Waals surface area (Å²) in [5, 5.41) is 14.0. The maximum atomic E-state index is 13.4. The molecule has 2 aromatic carbocycles. The van der Waals surface area contributed by atoms with E-state index in [0.29, 0.717) is 40.5 Å². The minimum Gasteiger partial charge on any atom is -0.454 e. The standard InChI is InChI=1S/C24H18BrClN2O3/c1-12-17(10-27)23(16-8-21-22(9-18(16)25)31-11-30-21)24-19(28-12)6-14(7-20(24)29)13-2-4-15(26)5-3-13/h2-5,8-9,14,23,28H,6-7,11H2,1H3/t14-,23+/m0/s1. The Hall–Kier alpha value is -2.75. The number of hydrogen-bond donors (Lipinski definition) is 1. The van der Waals surface area contributed by atoms with E-state index < -0.39 is 5.92 Å². The fourth-order valence-electron chi connectivity index (χ4n) is 4.62. The zero-order chi connectivity index (χ0) is 21.7. The highest BCUT2D eigenvalue weighted by molar-refractivity contribution is 9.10. The maximum absolute atomic E-state index is 13.4. The fraction of sp³-hybridized carbons (Fsp3) is 0.250. The van der Waals surface area contributed by atoms with Gasteiger partial charge in [-0.3, -0.25) is 4.79 Å². The summed E-state index contributed by atoms with van der Waals surface area (Å²) < 4.78 is 11.8. The quantitative estimate of drug-likeness (QED) is 0.575. The monoisotopic (exact) mass is 496 g/mol. The first-order valence-electron chi connectivity index (χ1n) is 9.95. The summed E-state index contributed by atoms with van der Waals surface area (Å²) in [6, 6.07) is 13.7. The highest BCUT2D eigenvalue weighted by atomic mass is 79.9. The summed E-state index contributed by atoms with van der Waals surface area (Å²) in [5.41, 5.74) is 4.75. The van der Waals surface area contributed by atoms with Crippen LogP contribution in [0.3, 0.4) is 0 Å². The van der Waals surface area contributed by atoms with Gasteiger partial charge in [0, 0.05) is 32.9 Å². The van der Waals surface area contributed by atoms with Gasteiger partial charge >= 0.3 is 0 Å². The van der Waals surface area contributed by atoms with E-state index in [1.165, 1.54) is 0 Å². The summed E-state index contributed by atoms with van der Waals surface area (Å²) >= 11 is 9.65. The van der Waals surface area contributed by atoms with Crippen molar-refractivity contribution < 1.29 is 14.3 Å². The SMILES string of the molecule is CC1=C(C#N)[C@@H](c2cc3c(cc2Br)OCO3)C2=C(C[C@H](c3ccc(Cl)cc3)CC2=O)N1. The molecule has 0 unspecified atom stereocenters. The summed E-state index contributed by atoms with van der Waals surface area (Å²) in [5.74, 6) is 0.924. The number of Topliss-reactive ketones (excluding diaryl/α,β-unsaturated/α-hetero) is 1. The molecular weight excluding hydrogens is 480 g/mol. The lowest BCUT2D eigenvalue weighted by atomic mass is 9.72. The fourth-order valence-corrected chi connectivity index (χ4v) is 5.30. The van der Waals surface area contributed by atoms with E-state index in [9.17, 15) is 10.1 Å². The van der Waals surface area contributed by atoms with Gasteiger partial charge in [0.15, 0.2) is 17.3 Å². The summed E-state index contributed by atoms with van der Waals surface area (Å²) in [6.07, 6.45) is 1.08. The van der Waals surface area contributed by atoms with Gasteiger partial charge in [-0.2, -0.15) is 5.26 Å². The number of carbonyl (C=O) groups excluding carboxylic acids is 1. The Morgan fingerprint density at radius 3 is 2.58 bits per heavy atom. The number of ketones is 1. The first-order valence-corrected chi connectivity index (χ1v) is 11.1. The molecule has 3 aliphatic rings. The summed E-state index contributed by atoms with van der Waals surface area (Å²) in [6.45, 7) is 2.04. The van der Waals surface area contributed by atoms with Gasteiger partial charge < -0.3 is 14.8 Å². The van der Waals surface area contributed by atoms with E-state index >= 15 is 0 Å². The minimum absolute atomic E-state index is 0.0449. The molecule has 0 radical (unpaired) electrons. The molecule has 1 N–H and O–H groups in total. The number of halogens is 2.